The zero-order valence-electron chi connectivity index (χ0n) is 9.79. The van der Waals surface area contributed by atoms with Crippen LogP contribution in [-0.4, -0.2) is 30.0 Å². The summed E-state index contributed by atoms with van der Waals surface area (Å²) in [6.45, 7) is 3.11. The SMILES string of the molecule is CSc1nnc(NS(=O)(=O)c2c(C)noc2C)s1. The van der Waals surface area contributed by atoms with Crippen LogP contribution in [0, 0.1) is 13.8 Å². The Balaban J connectivity index is 2.33. The summed E-state index contributed by atoms with van der Waals surface area (Å²) < 4.78 is 32.1. The predicted octanol–water partition coefficient (Wildman–Crippen LogP) is 1.67. The largest absolute Gasteiger partial charge is 0.360 e. The zero-order valence-corrected chi connectivity index (χ0v) is 12.2. The number of thioether (sulfide) groups is 1. The number of anilines is 1. The second-order valence-corrected chi connectivity index (χ2v) is 6.99. The van der Waals surface area contributed by atoms with Crippen molar-refractivity contribution in [3.8, 4) is 0 Å². The van der Waals surface area contributed by atoms with Crippen molar-refractivity contribution in [2.75, 3.05) is 11.0 Å². The summed E-state index contributed by atoms with van der Waals surface area (Å²) in [5.41, 5.74) is 0.314. The molecule has 98 valence electrons. The lowest BCUT2D eigenvalue weighted by Gasteiger charge is -2.02. The molecule has 0 aromatic carbocycles. The molecule has 7 nitrogen and oxygen atoms in total. The Morgan fingerprint density at radius 1 is 1.33 bits per heavy atom. The molecule has 2 aromatic heterocycles. The summed E-state index contributed by atoms with van der Waals surface area (Å²) in [5.74, 6) is 0.245. The van der Waals surface area contributed by atoms with Crippen molar-refractivity contribution in [2.45, 2.75) is 23.1 Å². The highest BCUT2D eigenvalue weighted by molar-refractivity contribution is 8.00. The van der Waals surface area contributed by atoms with Crippen molar-refractivity contribution >= 4 is 38.3 Å². The van der Waals surface area contributed by atoms with E-state index >= 15 is 0 Å². The average molecular weight is 306 g/mol. The fourth-order valence-electron chi connectivity index (χ4n) is 1.36. The van der Waals surface area contributed by atoms with Gasteiger partial charge in [0.25, 0.3) is 10.0 Å². The van der Waals surface area contributed by atoms with E-state index in [2.05, 4.69) is 20.1 Å². The lowest BCUT2D eigenvalue weighted by Crippen LogP contribution is -2.14. The molecular weight excluding hydrogens is 296 g/mol. The van der Waals surface area contributed by atoms with Gasteiger partial charge >= 0.3 is 0 Å². The normalized spacial score (nSPS) is 11.7. The minimum atomic E-state index is -3.73. The lowest BCUT2D eigenvalue weighted by molar-refractivity contribution is 0.390. The molecule has 0 unspecified atom stereocenters. The zero-order chi connectivity index (χ0) is 13.3. The highest BCUT2D eigenvalue weighted by Gasteiger charge is 2.25. The molecular formula is C8H10N4O3S3. The second kappa shape index (κ2) is 4.86. The Morgan fingerprint density at radius 2 is 2.06 bits per heavy atom. The molecule has 2 aromatic rings. The standard InChI is InChI=1S/C8H10N4O3S3/c1-4-6(5(2)15-11-4)18(13,14)12-7-9-10-8(16-3)17-7/h1-3H3,(H,9,12). The van der Waals surface area contributed by atoms with Gasteiger partial charge in [-0.2, -0.15) is 0 Å². The highest BCUT2D eigenvalue weighted by Crippen LogP contribution is 2.27. The van der Waals surface area contributed by atoms with Gasteiger partial charge in [-0.25, -0.2) is 8.42 Å². The quantitative estimate of drug-likeness (QED) is 0.858. The molecule has 18 heavy (non-hydrogen) atoms. The van der Waals surface area contributed by atoms with Crippen LogP contribution in [0.3, 0.4) is 0 Å². The van der Waals surface area contributed by atoms with E-state index in [1.54, 1.807) is 13.8 Å². The van der Waals surface area contributed by atoms with Gasteiger partial charge in [0.2, 0.25) is 5.13 Å². The third kappa shape index (κ3) is 2.49. The van der Waals surface area contributed by atoms with Crippen molar-refractivity contribution in [3.63, 3.8) is 0 Å². The summed E-state index contributed by atoms with van der Waals surface area (Å²) >= 11 is 2.57. The highest BCUT2D eigenvalue weighted by atomic mass is 32.2. The van der Waals surface area contributed by atoms with Gasteiger partial charge in [0.15, 0.2) is 15.0 Å². The molecule has 10 heteroatoms. The third-order valence-electron chi connectivity index (χ3n) is 2.04. The van der Waals surface area contributed by atoms with Crippen LogP contribution in [0.4, 0.5) is 5.13 Å². The summed E-state index contributed by atoms with van der Waals surface area (Å²) in [4.78, 5) is 0.0448. The van der Waals surface area contributed by atoms with E-state index in [0.29, 0.717) is 10.0 Å². The van der Waals surface area contributed by atoms with Crippen LogP contribution in [0.2, 0.25) is 0 Å². The summed E-state index contributed by atoms with van der Waals surface area (Å²) in [7, 11) is -3.73. The second-order valence-electron chi connectivity index (χ2n) is 3.34. The molecule has 2 rings (SSSR count). The van der Waals surface area contributed by atoms with E-state index in [9.17, 15) is 8.42 Å². The third-order valence-corrected chi connectivity index (χ3v) is 5.57. The van der Waals surface area contributed by atoms with Crippen LogP contribution in [0.15, 0.2) is 13.8 Å². The van der Waals surface area contributed by atoms with E-state index in [4.69, 9.17) is 4.52 Å². The molecule has 1 N–H and O–H groups in total. The van der Waals surface area contributed by atoms with Gasteiger partial charge in [0.1, 0.15) is 5.69 Å². The number of nitrogens with zero attached hydrogens (tertiary/aromatic N) is 3. The monoisotopic (exact) mass is 306 g/mol. The van der Waals surface area contributed by atoms with E-state index < -0.39 is 10.0 Å². The van der Waals surface area contributed by atoms with E-state index in [0.717, 1.165) is 0 Å². The Morgan fingerprint density at radius 3 is 2.56 bits per heavy atom. The molecule has 0 aliphatic rings. The van der Waals surface area contributed by atoms with Gasteiger partial charge in [-0.3, -0.25) is 4.72 Å². The van der Waals surface area contributed by atoms with E-state index in [-0.39, 0.29) is 15.8 Å². The molecule has 0 spiro atoms. The molecule has 0 amide bonds. The van der Waals surface area contributed by atoms with Gasteiger partial charge in [0.05, 0.1) is 0 Å². The number of rotatable bonds is 4. The summed E-state index contributed by atoms with van der Waals surface area (Å²) in [6.07, 6.45) is 1.84. The van der Waals surface area contributed by atoms with Crippen LogP contribution >= 0.6 is 23.1 Å². The minimum absolute atomic E-state index is 0.0448. The van der Waals surface area contributed by atoms with Crippen molar-refractivity contribution < 1.29 is 12.9 Å². The van der Waals surface area contributed by atoms with E-state index in [1.165, 1.54) is 23.1 Å². The number of sulfonamides is 1. The van der Waals surface area contributed by atoms with E-state index in [1.807, 2.05) is 6.26 Å². The van der Waals surface area contributed by atoms with Crippen LogP contribution in [0.1, 0.15) is 11.5 Å². The molecule has 0 radical (unpaired) electrons. The first-order valence-corrected chi connectivity index (χ1v) is 8.29. The average Bonchev–Trinajstić information content (AvgIpc) is 2.85. The predicted molar refractivity (Wildman–Crippen MR) is 68.5 cm³/mol. The fourth-order valence-corrected chi connectivity index (χ4v) is 4.09. The summed E-state index contributed by atoms with van der Waals surface area (Å²) in [5, 5.41) is 11.4. The molecule has 0 bridgehead atoms. The number of hydrogen-bond donors (Lipinski definition) is 1. The maximum atomic E-state index is 12.1. The first-order valence-electron chi connectivity index (χ1n) is 4.77. The molecule has 0 aliphatic carbocycles. The Labute approximate surface area is 112 Å². The van der Waals surface area contributed by atoms with Gasteiger partial charge in [-0.1, -0.05) is 28.3 Å². The minimum Gasteiger partial charge on any atom is -0.360 e. The Hall–Kier alpha value is -1.13. The first kappa shape index (κ1) is 13.3. The number of nitrogens with one attached hydrogen (secondary N) is 1. The lowest BCUT2D eigenvalue weighted by atomic mass is 10.4. The van der Waals surface area contributed by atoms with Crippen molar-refractivity contribution in [2.24, 2.45) is 0 Å². The Bertz CT molecular complexity index is 641. The van der Waals surface area contributed by atoms with Crippen LogP contribution < -0.4 is 4.72 Å². The van der Waals surface area contributed by atoms with Crippen LogP contribution in [0.5, 0.6) is 0 Å². The fraction of sp³-hybridized carbons (Fsp3) is 0.375. The van der Waals surface area contributed by atoms with Gasteiger partial charge < -0.3 is 4.52 Å². The van der Waals surface area contributed by atoms with Gasteiger partial charge in [0, 0.05) is 0 Å². The number of hydrogen-bond acceptors (Lipinski definition) is 8. The van der Waals surface area contributed by atoms with Crippen LogP contribution in [0.25, 0.3) is 0 Å². The first-order chi connectivity index (χ1) is 8.44. The van der Waals surface area contributed by atoms with Crippen molar-refractivity contribution in [3.05, 3.63) is 11.5 Å². The molecule has 0 saturated heterocycles. The topological polar surface area (TPSA) is 98.0 Å². The molecule has 0 aliphatic heterocycles. The van der Waals surface area contributed by atoms with Gasteiger partial charge in [-0.05, 0) is 20.1 Å². The molecule has 0 atom stereocenters. The Kier molecular flexibility index (Phi) is 3.59. The van der Waals surface area contributed by atoms with Crippen molar-refractivity contribution in [1.29, 1.82) is 0 Å². The number of aryl methyl sites for hydroxylation is 2. The maximum absolute atomic E-state index is 12.1. The molecule has 0 saturated carbocycles. The summed E-state index contributed by atoms with van der Waals surface area (Å²) in [6, 6.07) is 0. The van der Waals surface area contributed by atoms with Gasteiger partial charge in [-0.15, -0.1) is 10.2 Å². The molecule has 0 fully saturated rings. The maximum Gasteiger partial charge on any atom is 0.269 e. The van der Waals surface area contributed by atoms with Crippen LogP contribution in [-0.2, 0) is 10.0 Å². The number of aromatic nitrogens is 3. The smallest absolute Gasteiger partial charge is 0.269 e. The molecule has 2 heterocycles. The van der Waals surface area contributed by atoms with Crippen molar-refractivity contribution in [1.82, 2.24) is 15.4 Å².